The summed E-state index contributed by atoms with van der Waals surface area (Å²) in [5, 5.41) is 3.53. The second-order valence-corrected chi connectivity index (χ2v) is 5.90. The Bertz CT molecular complexity index is 442. The largest absolute Gasteiger partial charge is 0.316 e. The van der Waals surface area contributed by atoms with Crippen molar-refractivity contribution >= 4 is 21.5 Å². The predicted octanol–water partition coefficient (Wildman–Crippen LogP) is 3.25. The number of nitrogens with zero attached hydrogens (tertiary/aromatic N) is 1. The summed E-state index contributed by atoms with van der Waals surface area (Å²) in [7, 11) is 0. The average Bonchev–Trinajstić information content (AvgIpc) is 2.38. The van der Waals surface area contributed by atoms with Crippen molar-refractivity contribution < 1.29 is 0 Å². The van der Waals surface area contributed by atoms with Gasteiger partial charge in [-0.25, -0.2) is 0 Å². The lowest BCUT2D eigenvalue weighted by Crippen LogP contribution is -2.38. The third kappa shape index (κ3) is 2.31. The maximum atomic E-state index is 4.29. The number of piperidine rings is 1. The smallest absolute Gasteiger partial charge is 0.0410 e. The van der Waals surface area contributed by atoms with Crippen LogP contribution >= 0.6 is 15.9 Å². The van der Waals surface area contributed by atoms with Crippen molar-refractivity contribution in [3.05, 3.63) is 34.6 Å². The SMILES string of the molecule is Brc1cncc(C2=CCC[C@@H]3CCNC[C@H]23)c1. The van der Waals surface area contributed by atoms with E-state index in [0.717, 1.165) is 16.9 Å². The molecule has 1 aliphatic heterocycles. The summed E-state index contributed by atoms with van der Waals surface area (Å²) < 4.78 is 1.07. The van der Waals surface area contributed by atoms with Crippen LogP contribution in [0.25, 0.3) is 5.57 Å². The zero-order chi connectivity index (χ0) is 11.7. The van der Waals surface area contributed by atoms with Gasteiger partial charge in [0.2, 0.25) is 0 Å². The first-order valence-corrected chi connectivity index (χ1v) is 7.15. The fourth-order valence-corrected chi connectivity index (χ4v) is 3.49. The first-order chi connectivity index (χ1) is 8.34. The quantitative estimate of drug-likeness (QED) is 0.859. The van der Waals surface area contributed by atoms with Gasteiger partial charge in [-0.15, -0.1) is 0 Å². The Kier molecular flexibility index (Phi) is 3.30. The van der Waals surface area contributed by atoms with E-state index in [9.17, 15) is 0 Å². The molecule has 1 fully saturated rings. The number of nitrogens with one attached hydrogen (secondary N) is 1. The van der Waals surface area contributed by atoms with Crippen LogP contribution in [-0.2, 0) is 0 Å². The molecule has 1 aromatic heterocycles. The number of hydrogen-bond donors (Lipinski definition) is 1. The molecule has 0 saturated carbocycles. The van der Waals surface area contributed by atoms with Crippen LogP contribution in [0.15, 0.2) is 29.0 Å². The fourth-order valence-electron chi connectivity index (χ4n) is 3.13. The Morgan fingerprint density at radius 3 is 3.12 bits per heavy atom. The summed E-state index contributed by atoms with van der Waals surface area (Å²) in [4.78, 5) is 4.29. The Hall–Kier alpha value is -0.670. The monoisotopic (exact) mass is 292 g/mol. The number of pyridine rings is 1. The molecule has 90 valence electrons. The summed E-state index contributed by atoms with van der Waals surface area (Å²) >= 11 is 3.51. The molecule has 0 amide bonds. The summed E-state index contributed by atoms with van der Waals surface area (Å²) in [6, 6.07) is 2.19. The molecule has 0 spiro atoms. The van der Waals surface area contributed by atoms with Gasteiger partial charge < -0.3 is 5.32 Å². The molecule has 2 aliphatic rings. The Balaban J connectivity index is 1.93. The summed E-state index contributed by atoms with van der Waals surface area (Å²) in [5.41, 5.74) is 2.79. The number of hydrogen-bond acceptors (Lipinski definition) is 2. The molecule has 1 saturated heterocycles. The van der Waals surface area contributed by atoms with Crippen LogP contribution in [0.4, 0.5) is 0 Å². The molecular weight excluding hydrogens is 276 g/mol. The Morgan fingerprint density at radius 2 is 2.24 bits per heavy atom. The lowest BCUT2D eigenvalue weighted by Gasteiger charge is -2.37. The number of aromatic nitrogens is 1. The average molecular weight is 293 g/mol. The molecule has 1 aliphatic carbocycles. The topological polar surface area (TPSA) is 24.9 Å². The molecule has 3 rings (SSSR count). The Morgan fingerprint density at radius 1 is 1.29 bits per heavy atom. The summed E-state index contributed by atoms with van der Waals surface area (Å²) in [6.45, 7) is 2.31. The van der Waals surface area contributed by atoms with Crippen LogP contribution in [-0.4, -0.2) is 18.1 Å². The molecular formula is C14H17BrN2. The predicted molar refractivity (Wildman–Crippen MR) is 73.6 cm³/mol. The van der Waals surface area contributed by atoms with E-state index < -0.39 is 0 Å². The van der Waals surface area contributed by atoms with E-state index in [4.69, 9.17) is 0 Å². The molecule has 2 atom stereocenters. The van der Waals surface area contributed by atoms with E-state index in [-0.39, 0.29) is 0 Å². The van der Waals surface area contributed by atoms with Crippen LogP contribution < -0.4 is 5.32 Å². The first kappa shape index (κ1) is 11.4. The number of allylic oxidation sites excluding steroid dienone is 1. The van der Waals surface area contributed by atoms with Gasteiger partial charge in [-0.2, -0.15) is 0 Å². The molecule has 2 heterocycles. The maximum Gasteiger partial charge on any atom is 0.0410 e. The second-order valence-electron chi connectivity index (χ2n) is 4.99. The van der Waals surface area contributed by atoms with Crippen LogP contribution in [0, 0.1) is 11.8 Å². The van der Waals surface area contributed by atoms with Crippen molar-refractivity contribution in [1.82, 2.24) is 10.3 Å². The van der Waals surface area contributed by atoms with Gasteiger partial charge in [-0.3, -0.25) is 4.98 Å². The number of rotatable bonds is 1. The van der Waals surface area contributed by atoms with E-state index in [1.165, 1.54) is 36.9 Å². The highest BCUT2D eigenvalue weighted by atomic mass is 79.9. The summed E-state index contributed by atoms with van der Waals surface area (Å²) in [6.07, 6.45) is 10.2. The van der Waals surface area contributed by atoms with E-state index >= 15 is 0 Å². The molecule has 0 radical (unpaired) electrons. The zero-order valence-corrected chi connectivity index (χ0v) is 11.4. The van der Waals surface area contributed by atoms with Gasteiger partial charge in [0.1, 0.15) is 0 Å². The fraction of sp³-hybridized carbons (Fsp3) is 0.500. The molecule has 0 bridgehead atoms. The minimum Gasteiger partial charge on any atom is -0.316 e. The van der Waals surface area contributed by atoms with Gasteiger partial charge in [0.15, 0.2) is 0 Å². The lowest BCUT2D eigenvalue weighted by molar-refractivity contribution is 0.285. The highest BCUT2D eigenvalue weighted by Gasteiger charge is 2.30. The van der Waals surface area contributed by atoms with Crippen molar-refractivity contribution in [3.63, 3.8) is 0 Å². The third-order valence-corrected chi connectivity index (χ3v) is 4.40. The van der Waals surface area contributed by atoms with Crippen molar-refractivity contribution in [3.8, 4) is 0 Å². The number of halogens is 1. The van der Waals surface area contributed by atoms with Crippen LogP contribution in [0.5, 0.6) is 0 Å². The van der Waals surface area contributed by atoms with Crippen molar-refractivity contribution in [2.24, 2.45) is 11.8 Å². The Labute approximate surface area is 111 Å². The normalized spacial score (nSPS) is 28.4. The molecule has 0 aromatic carbocycles. The van der Waals surface area contributed by atoms with Gasteiger partial charge in [0.05, 0.1) is 0 Å². The van der Waals surface area contributed by atoms with Gasteiger partial charge in [-0.05, 0) is 70.8 Å². The molecule has 0 unspecified atom stereocenters. The van der Waals surface area contributed by atoms with Crippen LogP contribution in [0.3, 0.4) is 0 Å². The van der Waals surface area contributed by atoms with Crippen LogP contribution in [0.2, 0.25) is 0 Å². The standard InChI is InChI=1S/C14H17BrN2/c15-12-6-11(7-17-8-12)13-3-1-2-10-4-5-16-9-14(10)13/h3,6-8,10,14,16H,1-2,4-5,9H2/t10-,14+/m1/s1. The van der Waals surface area contributed by atoms with Gasteiger partial charge in [-0.1, -0.05) is 6.08 Å². The van der Waals surface area contributed by atoms with Crippen molar-refractivity contribution in [2.75, 3.05) is 13.1 Å². The zero-order valence-electron chi connectivity index (χ0n) is 9.82. The van der Waals surface area contributed by atoms with Gasteiger partial charge in [0, 0.05) is 23.4 Å². The maximum absolute atomic E-state index is 4.29. The van der Waals surface area contributed by atoms with Crippen molar-refractivity contribution in [1.29, 1.82) is 0 Å². The number of fused-ring (bicyclic) bond motifs is 1. The highest BCUT2D eigenvalue weighted by molar-refractivity contribution is 9.10. The second kappa shape index (κ2) is 4.91. The molecule has 3 heteroatoms. The van der Waals surface area contributed by atoms with E-state index in [0.29, 0.717) is 5.92 Å². The van der Waals surface area contributed by atoms with Gasteiger partial charge in [0.25, 0.3) is 0 Å². The lowest BCUT2D eigenvalue weighted by atomic mass is 9.73. The minimum absolute atomic E-state index is 0.689. The molecule has 17 heavy (non-hydrogen) atoms. The molecule has 2 nitrogen and oxygen atoms in total. The highest BCUT2D eigenvalue weighted by Crippen LogP contribution is 2.39. The minimum atomic E-state index is 0.689. The summed E-state index contributed by atoms with van der Waals surface area (Å²) in [5.74, 6) is 1.56. The third-order valence-electron chi connectivity index (χ3n) is 3.96. The molecule has 1 N–H and O–H groups in total. The van der Waals surface area contributed by atoms with Gasteiger partial charge >= 0.3 is 0 Å². The van der Waals surface area contributed by atoms with E-state index in [1.807, 2.05) is 12.4 Å². The molecule has 1 aromatic rings. The van der Waals surface area contributed by atoms with Crippen molar-refractivity contribution in [2.45, 2.75) is 19.3 Å². The van der Waals surface area contributed by atoms with E-state index in [2.05, 4.69) is 38.4 Å². The first-order valence-electron chi connectivity index (χ1n) is 6.36. The van der Waals surface area contributed by atoms with E-state index in [1.54, 1.807) is 0 Å². The van der Waals surface area contributed by atoms with Crippen LogP contribution in [0.1, 0.15) is 24.8 Å².